The molecule has 7 heteroatoms. The van der Waals surface area contributed by atoms with Gasteiger partial charge in [-0.3, -0.25) is 14.3 Å². The highest BCUT2D eigenvalue weighted by Crippen LogP contribution is 2.38. The van der Waals surface area contributed by atoms with E-state index in [2.05, 4.69) is 32.0 Å². The Kier molecular flexibility index (Phi) is 6.47. The van der Waals surface area contributed by atoms with Crippen molar-refractivity contribution < 1.29 is 4.79 Å². The molecule has 0 unspecified atom stereocenters. The molecular weight excluding hydrogens is 394 g/mol. The highest BCUT2D eigenvalue weighted by molar-refractivity contribution is 7.99. The predicted octanol–water partition coefficient (Wildman–Crippen LogP) is 5.13. The van der Waals surface area contributed by atoms with Gasteiger partial charge in [0.2, 0.25) is 5.91 Å². The number of aryl methyl sites for hydroxylation is 1. The lowest BCUT2D eigenvalue weighted by Crippen LogP contribution is -2.23. The van der Waals surface area contributed by atoms with Crippen LogP contribution in [0.2, 0.25) is 0 Å². The molecule has 0 saturated heterocycles. The lowest BCUT2D eigenvalue weighted by Gasteiger charge is -2.31. The van der Waals surface area contributed by atoms with Crippen LogP contribution in [0, 0.1) is 12.8 Å². The number of para-hydroxylation sites is 1. The molecule has 1 aromatic carbocycles. The van der Waals surface area contributed by atoms with Gasteiger partial charge in [-0.05, 0) is 49.4 Å². The van der Waals surface area contributed by atoms with Crippen molar-refractivity contribution in [2.75, 3.05) is 11.1 Å². The van der Waals surface area contributed by atoms with E-state index in [0.717, 1.165) is 34.2 Å². The Hall–Kier alpha value is -2.67. The van der Waals surface area contributed by atoms with E-state index in [0.29, 0.717) is 17.7 Å². The van der Waals surface area contributed by atoms with Gasteiger partial charge in [0.1, 0.15) is 0 Å². The molecule has 0 bridgehead atoms. The Morgan fingerprint density at radius 2 is 2.00 bits per heavy atom. The molecule has 1 N–H and O–H groups in total. The van der Waals surface area contributed by atoms with Crippen molar-refractivity contribution in [3.63, 3.8) is 0 Å². The molecule has 1 fully saturated rings. The fourth-order valence-electron chi connectivity index (χ4n) is 4.08. The first-order valence-corrected chi connectivity index (χ1v) is 11.5. The summed E-state index contributed by atoms with van der Waals surface area (Å²) < 4.78 is 2.24. The topological polar surface area (TPSA) is 72.7 Å². The number of pyridine rings is 1. The number of hydrogen-bond acceptors (Lipinski definition) is 5. The van der Waals surface area contributed by atoms with Crippen molar-refractivity contribution in [2.24, 2.45) is 5.92 Å². The van der Waals surface area contributed by atoms with Crippen molar-refractivity contribution in [1.29, 1.82) is 0 Å². The third kappa shape index (κ3) is 4.56. The summed E-state index contributed by atoms with van der Waals surface area (Å²) in [7, 11) is 0. The van der Waals surface area contributed by atoms with E-state index in [4.69, 9.17) is 0 Å². The normalized spacial score (nSPS) is 18.9. The van der Waals surface area contributed by atoms with Crippen LogP contribution in [-0.2, 0) is 4.79 Å². The summed E-state index contributed by atoms with van der Waals surface area (Å²) in [5, 5.41) is 12.8. The van der Waals surface area contributed by atoms with Crippen LogP contribution in [0.5, 0.6) is 0 Å². The van der Waals surface area contributed by atoms with Crippen LogP contribution in [0.15, 0.2) is 53.9 Å². The molecule has 6 nitrogen and oxygen atoms in total. The molecule has 4 rings (SSSR count). The maximum absolute atomic E-state index is 12.6. The van der Waals surface area contributed by atoms with Gasteiger partial charge >= 0.3 is 0 Å². The lowest BCUT2D eigenvalue weighted by molar-refractivity contribution is -0.113. The third-order valence-electron chi connectivity index (χ3n) is 5.73. The molecule has 2 atom stereocenters. The summed E-state index contributed by atoms with van der Waals surface area (Å²) in [6.45, 7) is 4.29. The first-order valence-electron chi connectivity index (χ1n) is 10.5. The standard InChI is InChI=1S/C23H27N5OS/c1-16-8-3-5-11-19(16)25-21(29)15-30-23-27-26-22(18-10-7-13-24-14-18)28(23)20-12-6-4-9-17(20)2/h3,5,7-8,10-11,13-14,17,20H,4,6,9,12,15H2,1-2H3,(H,25,29)/t17-,20-/m1/s1. The number of amides is 1. The molecule has 0 radical (unpaired) electrons. The molecule has 3 aromatic rings. The minimum Gasteiger partial charge on any atom is -0.325 e. The summed E-state index contributed by atoms with van der Waals surface area (Å²) in [6, 6.07) is 12.1. The van der Waals surface area contributed by atoms with E-state index in [-0.39, 0.29) is 5.91 Å². The van der Waals surface area contributed by atoms with Crippen molar-refractivity contribution in [3.8, 4) is 11.4 Å². The number of aromatic nitrogens is 4. The van der Waals surface area contributed by atoms with Crippen LogP contribution < -0.4 is 5.32 Å². The van der Waals surface area contributed by atoms with Crippen molar-refractivity contribution in [1.82, 2.24) is 19.7 Å². The third-order valence-corrected chi connectivity index (χ3v) is 6.68. The second kappa shape index (κ2) is 9.43. The Labute approximate surface area is 181 Å². The molecule has 1 amide bonds. The van der Waals surface area contributed by atoms with E-state index in [1.54, 1.807) is 6.20 Å². The average molecular weight is 422 g/mol. The summed E-state index contributed by atoms with van der Waals surface area (Å²) in [4.78, 5) is 16.8. The number of benzene rings is 1. The molecule has 156 valence electrons. The van der Waals surface area contributed by atoms with Crippen LogP contribution in [0.3, 0.4) is 0 Å². The Balaban J connectivity index is 1.56. The molecule has 0 aliphatic heterocycles. The van der Waals surface area contributed by atoms with E-state index in [9.17, 15) is 4.79 Å². The quantitative estimate of drug-likeness (QED) is 0.559. The summed E-state index contributed by atoms with van der Waals surface area (Å²) in [5.74, 6) is 1.64. The summed E-state index contributed by atoms with van der Waals surface area (Å²) in [6.07, 6.45) is 8.37. The van der Waals surface area contributed by atoms with Crippen molar-refractivity contribution in [3.05, 3.63) is 54.4 Å². The zero-order valence-electron chi connectivity index (χ0n) is 17.4. The molecule has 1 saturated carbocycles. The number of thioether (sulfide) groups is 1. The molecular formula is C23H27N5OS. The van der Waals surface area contributed by atoms with E-state index in [1.807, 2.05) is 49.5 Å². The van der Waals surface area contributed by atoms with Gasteiger partial charge < -0.3 is 5.32 Å². The number of hydrogen-bond donors (Lipinski definition) is 1. The van der Waals surface area contributed by atoms with Crippen molar-refractivity contribution in [2.45, 2.75) is 50.7 Å². The summed E-state index contributed by atoms with van der Waals surface area (Å²) in [5.41, 5.74) is 2.86. The Morgan fingerprint density at radius 3 is 2.77 bits per heavy atom. The number of rotatable bonds is 6. The van der Waals surface area contributed by atoms with Crippen LogP contribution in [0.4, 0.5) is 5.69 Å². The smallest absolute Gasteiger partial charge is 0.234 e. The van der Waals surface area contributed by atoms with Crippen molar-refractivity contribution >= 4 is 23.4 Å². The van der Waals surface area contributed by atoms with Gasteiger partial charge in [-0.15, -0.1) is 10.2 Å². The zero-order chi connectivity index (χ0) is 20.9. The van der Waals surface area contributed by atoms with Crippen LogP contribution in [0.1, 0.15) is 44.2 Å². The number of nitrogens with zero attached hydrogens (tertiary/aromatic N) is 4. The van der Waals surface area contributed by atoms with Crippen LogP contribution in [0.25, 0.3) is 11.4 Å². The van der Waals surface area contributed by atoms with Gasteiger partial charge in [0.25, 0.3) is 0 Å². The Morgan fingerprint density at radius 1 is 1.17 bits per heavy atom. The second-order valence-corrected chi connectivity index (χ2v) is 8.84. The monoisotopic (exact) mass is 421 g/mol. The van der Waals surface area contributed by atoms with Gasteiger partial charge in [0.15, 0.2) is 11.0 Å². The number of carbonyl (C=O) groups is 1. The van der Waals surface area contributed by atoms with Gasteiger partial charge in [0, 0.05) is 29.7 Å². The van der Waals surface area contributed by atoms with Crippen LogP contribution >= 0.6 is 11.8 Å². The van der Waals surface area contributed by atoms with Crippen LogP contribution in [-0.4, -0.2) is 31.4 Å². The average Bonchev–Trinajstić information content (AvgIpc) is 3.18. The maximum atomic E-state index is 12.6. The minimum absolute atomic E-state index is 0.0385. The molecule has 0 spiro atoms. The van der Waals surface area contributed by atoms with E-state index < -0.39 is 0 Å². The maximum Gasteiger partial charge on any atom is 0.234 e. The van der Waals surface area contributed by atoms with Gasteiger partial charge in [-0.25, -0.2) is 0 Å². The lowest BCUT2D eigenvalue weighted by atomic mass is 9.85. The predicted molar refractivity (Wildman–Crippen MR) is 120 cm³/mol. The van der Waals surface area contributed by atoms with E-state index in [1.165, 1.54) is 31.0 Å². The highest BCUT2D eigenvalue weighted by Gasteiger charge is 2.29. The SMILES string of the molecule is Cc1ccccc1NC(=O)CSc1nnc(-c2cccnc2)n1[C@@H]1CCCC[C@H]1C. The zero-order valence-corrected chi connectivity index (χ0v) is 18.2. The summed E-state index contributed by atoms with van der Waals surface area (Å²) >= 11 is 1.45. The Bertz CT molecular complexity index is 1000. The van der Waals surface area contributed by atoms with Gasteiger partial charge in [-0.2, -0.15) is 0 Å². The molecule has 2 heterocycles. The highest BCUT2D eigenvalue weighted by atomic mass is 32.2. The van der Waals surface area contributed by atoms with Gasteiger partial charge in [0.05, 0.1) is 5.75 Å². The molecule has 1 aliphatic rings. The van der Waals surface area contributed by atoms with E-state index >= 15 is 0 Å². The molecule has 2 aromatic heterocycles. The number of nitrogens with one attached hydrogen (secondary N) is 1. The first-order chi connectivity index (χ1) is 14.6. The first kappa shape index (κ1) is 20.6. The number of carbonyl (C=O) groups excluding carboxylic acids is 1. The fraction of sp³-hybridized carbons (Fsp3) is 0.391. The largest absolute Gasteiger partial charge is 0.325 e. The molecule has 1 aliphatic carbocycles. The molecule has 30 heavy (non-hydrogen) atoms. The number of anilines is 1. The fourth-order valence-corrected chi connectivity index (χ4v) is 4.87. The second-order valence-electron chi connectivity index (χ2n) is 7.90. The minimum atomic E-state index is -0.0385. The van der Waals surface area contributed by atoms with Gasteiger partial charge in [-0.1, -0.05) is 49.7 Å².